The predicted octanol–water partition coefficient (Wildman–Crippen LogP) is 6.05. The Balaban J connectivity index is 4.78. The normalized spacial score (nSPS) is 16.5. The highest BCUT2D eigenvalue weighted by molar-refractivity contribution is 9.28. The third-order valence-electron chi connectivity index (χ3n) is 3.63. The molecule has 4 heteroatoms. The van der Waals surface area contributed by atoms with Crippen molar-refractivity contribution in [3.05, 3.63) is 9.47 Å². The molecule has 0 amide bonds. The Hall–Kier alpha value is 0.877. The average molecular weight is 386 g/mol. The fraction of sp³-hybridized carbons (Fsp3) is 0.846. The van der Waals surface area contributed by atoms with Gasteiger partial charge in [-0.25, -0.2) is 0 Å². The molecule has 0 N–H and O–H groups in total. The standard InChI is InChI=1S/C13H26Br2OSi/c1-8-11(10(2)9-12(14)15)16-17(6,7)13(3,4)5/h9-11H,8H2,1-7H3/t10-,11-/m0/s1. The molecule has 0 aliphatic carbocycles. The van der Waals surface area contributed by atoms with E-state index in [-0.39, 0.29) is 5.04 Å². The largest absolute Gasteiger partial charge is 0.413 e. The average Bonchev–Trinajstić information content (AvgIpc) is 2.10. The lowest BCUT2D eigenvalue weighted by Gasteiger charge is -2.40. The summed E-state index contributed by atoms with van der Waals surface area (Å²) >= 11 is 6.85. The zero-order valence-electron chi connectivity index (χ0n) is 12.1. The van der Waals surface area contributed by atoms with Crippen molar-refractivity contribution in [2.24, 2.45) is 5.92 Å². The van der Waals surface area contributed by atoms with Gasteiger partial charge >= 0.3 is 0 Å². The maximum atomic E-state index is 6.47. The van der Waals surface area contributed by atoms with Gasteiger partial charge in [-0.15, -0.1) is 0 Å². The van der Waals surface area contributed by atoms with Crippen LogP contribution < -0.4 is 0 Å². The lowest BCUT2D eigenvalue weighted by Crippen LogP contribution is -2.45. The van der Waals surface area contributed by atoms with E-state index in [4.69, 9.17) is 4.43 Å². The van der Waals surface area contributed by atoms with Gasteiger partial charge in [-0.05, 0) is 56.4 Å². The van der Waals surface area contributed by atoms with Crippen molar-refractivity contribution >= 4 is 40.2 Å². The molecule has 0 bridgehead atoms. The van der Waals surface area contributed by atoms with Crippen LogP contribution in [0.25, 0.3) is 0 Å². The minimum absolute atomic E-state index is 0.273. The van der Waals surface area contributed by atoms with Crippen molar-refractivity contribution in [1.29, 1.82) is 0 Å². The predicted molar refractivity (Wildman–Crippen MR) is 87.5 cm³/mol. The van der Waals surface area contributed by atoms with Gasteiger partial charge < -0.3 is 4.43 Å². The number of hydrogen-bond donors (Lipinski definition) is 0. The Kier molecular flexibility index (Phi) is 7.23. The van der Waals surface area contributed by atoms with Crippen LogP contribution in [-0.2, 0) is 4.43 Å². The summed E-state index contributed by atoms with van der Waals surface area (Å²) in [6.45, 7) is 15.9. The molecule has 0 aliphatic heterocycles. The topological polar surface area (TPSA) is 9.23 Å². The Labute approximate surface area is 125 Å². The number of hydrogen-bond acceptors (Lipinski definition) is 1. The van der Waals surface area contributed by atoms with Crippen LogP contribution in [0.15, 0.2) is 9.47 Å². The molecule has 0 aromatic rings. The van der Waals surface area contributed by atoms with Crippen molar-refractivity contribution in [1.82, 2.24) is 0 Å². The van der Waals surface area contributed by atoms with Crippen LogP contribution in [0.2, 0.25) is 18.1 Å². The maximum Gasteiger partial charge on any atom is 0.192 e. The van der Waals surface area contributed by atoms with E-state index >= 15 is 0 Å². The van der Waals surface area contributed by atoms with E-state index in [0.717, 1.165) is 9.81 Å². The molecule has 0 fully saturated rings. The summed E-state index contributed by atoms with van der Waals surface area (Å²) in [5, 5.41) is 0.273. The highest BCUT2D eigenvalue weighted by atomic mass is 79.9. The van der Waals surface area contributed by atoms with Gasteiger partial charge in [0.2, 0.25) is 0 Å². The first-order chi connectivity index (χ1) is 7.51. The third kappa shape index (κ3) is 6.04. The smallest absolute Gasteiger partial charge is 0.192 e. The Morgan fingerprint density at radius 3 is 2.06 bits per heavy atom. The molecule has 0 aliphatic rings. The van der Waals surface area contributed by atoms with Crippen LogP contribution in [0.5, 0.6) is 0 Å². The van der Waals surface area contributed by atoms with Crippen molar-refractivity contribution in [2.45, 2.75) is 65.3 Å². The second-order valence-electron chi connectivity index (χ2n) is 6.14. The summed E-state index contributed by atoms with van der Waals surface area (Å²) in [6, 6.07) is 0. The van der Waals surface area contributed by atoms with Crippen LogP contribution >= 0.6 is 31.9 Å². The van der Waals surface area contributed by atoms with Gasteiger partial charge in [0, 0.05) is 5.92 Å². The first kappa shape index (κ1) is 17.9. The van der Waals surface area contributed by atoms with Gasteiger partial charge in [-0.1, -0.05) is 40.7 Å². The van der Waals surface area contributed by atoms with E-state index in [2.05, 4.69) is 85.6 Å². The van der Waals surface area contributed by atoms with Gasteiger partial charge in [0.05, 0.1) is 9.50 Å². The maximum absolute atomic E-state index is 6.47. The second kappa shape index (κ2) is 6.87. The van der Waals surface area contributed by atoms with E-state index in [1.807, 2.05) is 0 Å². The fourth-order valence-corrected chi connectivity index (χ4v) is 3.75. The molecule has 102 valence electrons. The molecule has 17 heavy (non-hydrogen) atoms. The fourth-order valence-electron chi connectivity index (χ4n) is 1.42. The molecule has 0 unspecified atom stereocenters. The van der Waals surface area contributed by atoms with E-state index in [9.17, 15) is 0 Å². The Morgan fingerprint density at radius 1 is 1.29 bits per heavy atom. The zero-order chi connectivity index (χ0) is 13.9. The lowest BCUT2D eigenvalue weighted by atomic mass is 10.0. The van der Waals surface area contributed by atoms with Gasteiger partial charge in [-0.3, -0.25) is 0 Å². The first-order valence-corrected chi connectivity index (χ1v) is 10.7. The quantitative estimate of drug-likeness (QED) is 0.523. The van der Waals surface area contributed by atoms with Crippen molar-refractivity contribution in [2.75, 3.05) is 0 Å². The van der Waals surface area contributed by atoms with Crippen LogP contribution in [0.1, 0.15) is 41.0 Å². The van der Waals surface area contributed by atoms with Gasteiger partial charge in [0.15, 0.2) is 8.32 Å². The van der Waals surface area contributed by atoms with Crippen LogP contribution in [-0.4, -0.2) is 14.4 Å². The summed E-state index contributed by atoms with van der Waals surface area (Å²) < 4.78 is 7.48. The molecule has 0 heterocycles. The molecule has 0 spiro atoms. The van der Waals surface area contributed by atoms with Crippen LogP contribution in [0.4, 0.5) is 0 Å². The molecule has 0 saturated heterocycles. The SMILES string of the molecule is CC[C@H](O[Si](C)(C)C(C)(C)C)[C@@H](C)C=C(Br)Br. The third-order valence-corrected chi connectivity index (χ3v) is 8.66. The molecule has 0 saturated carbocycles. The molecular weight excluding hydrogens is 360 g/mol. The van der Waals surface area contributed by atoms with Gasteiger partial charge in [0.1, 0.15) is 0 Å². The van der Waals surface area contributed by atoms with Crippen molar-refractivity contribution in [3.8, 4) is 0 Å². The molecule has 2 atom stereocenters. The molecule has 0 aromatic carbocycles. The summed E-state index contributed by atoms with van der Waals surface area (Å²) in [5.41, 5.74) is 0. The summed E-state index contributed by atoms with van der Waals surface area (Å²) in [6.07, 6.45) is 3.53. The number of rotatable bonds is 5. The molecule has 0 rings (SSSR count). The van der Waals surface area contributed by atoms with E-state index in [0.29, 0.717) is 12.0 Å². The highest BCUT2D eigenvalue weighted by Gasteiger charge is 2.39. The zero-order valence-corrected chi connectivity index (χ0v) is 16.3. The summed E-state index contributed by atoms with van der Waals surface area (Å²) in [4.78, 5) is 0. The highest BCUT2D eigenvalue weighted by Crippen LogP contribution is 2.38. The lowest BCUT2D eigenvalue weighted by molar-refractivity contribution is 0.141. The Bertz CT molecular complexity index is 265. The number of halogens is 2. The Morgan fingerprint density at radius 2 is 1.76 bits per heavy atom. The van der Waals surface area contributed by atoms with Crippen LogP contribution in [0, 0.1) is 5.92 Å². The van der Waals surface area contributed by atoms with E-state index < -0.39 is 8.32 Å². The molecule has 0 aromatic heterocycles. The second-order valence-corrected chi connectivity index (χ2v) is 13.7. The first-order valence-electron chi connectivity index (χ1n) is 6.22. The molecule has 0 radical (unpaired) electrons. The van der Waals surface area contributed by atoms with E-state index in [1.165, 1.54) is 0 Å². The van der Waals surface area contributed by atoms with Gasteiger partial charge in [0.25, 0.3) is 0 Å². The summed E-state index contributed by atoms with van der Waals surface area (Å²) in [5.74, 6) is 0.419. The minimum atomic E-state index is -1.66. The van der Waals surface area contributed by atoms with Gasteiger partial charge in [-0.2, -0.15) is 0 Å². The molecule has 1 nitrogen and oxygen atoms in total. The van der Waals surface area contributed by atoms with E-state index in [1.54, 1.807) is 0 Å². The monoisotopic (exact) mass is 384 g/mol. The molecular formula is C13H26Br2OSi. The summed E-state index contributed by atoms with van der Waals surface area (Å²) in [7, 11) is -1.66. The van der Waals surface area contributed by atoms with Crippen molar-refractivity contribution < 1.29 is 4.43 Å². The van der Waals surface area contributed by atoms with Crippen molar-refractivity contribution in [3.63, 3.8) is 0 Å². The minimum Gasteiger partial charge on any atom is -0.413 e. The van der Waals surface area contributed by atoms with Crippen LogP contribution in [0.3, 0.4) is 0 Å².